The van der Waals surface area contributed by atoms with Crippen LogP contribution in [0.3, 0.4) is 0 Å². The molecular weight excluding hydrogens is 356 g/mol. The van der Waals surface area contributed by atoms with Crippen LogP contribution in [-0.4, -0.2) is 28.5 Å². The maximum absolute atomic E-state index is 5.66. The molecule has 3 rings (SSSR count). The molecule has 27 heavy (non-hydrogen) atoms. The Morgan fingerprint density at radius 1 is 1.00 bits per heavy atom. The van der Waals surface area contributed by atoms with Crippen molar-refractivity contribution in [1.29, 1.82) is 0 Å². The summed E-state index contributed by atoms with van der Waals surface area (Å²) >= 11 is 1.88. The minimum atomic E-state index is 0.245. The van der Waals surface area contributed by atoms with E-state index in [1.807, 2.05) is 48.4 Å². The Hall–Kier alpha value is -1.82. The van der Waals surface area contributed by atoms with E-state index < -0.39 is 0 Å². The average Bonchev–Trinajstić information content (AvgIpc) is 3.15. The molecule has 0 aliphatic carbocycles. The van der Waals surface area contributed by atoms with E-state index in [-0.39, 0.29) is 5.41 Å². The molecule has 144 valence electrons. The summed E-state index contributed by atoms with van der Waals surface area (Å²) in [4.78, 5) is 4.34. The number of thioether (sulfide) groups is 1. The van der Waals surface area contributed by atoms with Gasteiger partial charge in [0.15, 0.2) is 0 Å². The molecule has 2 aromatic heterocycles. The molecule has 0 saturated carbocycles. The number of imidazole rings is 1. The Morgan fingerprint density at radius 2 is 1.85 bits per heavy atom. The molecule has 0 amide bonds. The van der Waals surface area contributed by atoms with Crippen molar-refractivity contribution in [2.24, 2.45) is 5.41 Å². The molecule has 0 radical (unpaired) electrons. The van der Waals surface area contributed by atoms with Crippen molar-refractivity contribution in [2.75, 3.05) is 19.2 Å². The van der Waals surface area contributed by atoms with Gasteiger partial charge in [-0.15, -0.1) is 11.8 Å². The van der Waals surface area contributed by atoms with Crippen LogP contribution in [-0.2, 0) is 16.1 Å². The number of benzene rings is 1. The number of fused-ring (bicyclic) bond motifs is 1. The average molecular weight is 385 g/mol. The summed E-state index contributed by atoms with van der Waals surface area (Å²) in [6.45, 7) is 6.28. The van der Waals surface area contributed by atoms with Crippen LogP contribution < -0.4 is 0 Å². The topological polar surface area (TPSA) is 35.8 Å². The van der Waals surface area contributed by atoms with Gasteiger partial charge in [0.05, 0.1) is 11.6 Å². The Kier molecular flexibility index (Phi) is 7.33. The normalized spacial score (nSPS) is 11.9. The Morgan fingerprint density at radius 3 is 2.70 bits per heavy atom. The van der Waals surface area contributed by atoms with Crippen molar-refractivity contribution in [3.63, 3.8) is 0 Å². The summed E-state index contributed by atoms with van der Waals surface area (Å²) in [6.07, 6.45) is 6.03. The van der Waals surface area contributed by atoms with E-state index in [1.54, 1.807) is 0 Å². The van der Waals surface area contributed by atoms with E-state index in [9.17, 15) is 0 Å². The van der Waals surface area contributed by atoms with Gasteiger partial charge in [-0.25, -0.2) is 4.98 Å². The molecule has 0 spiro atoms. The summed E-state index contributed by atoms with van der Waals surface area (Å²) in [6, 6.07) is 16.4. The maximum atomic E-state index is 5.66. The number of hydrogen-bond donors (Lipinski definition) is 0. The minimum absolute atomic E-state index is 0.245. The van der Waals surface area contributed by atoms with E-state index in [0.29, 0.717) is 13.4 Å². The number of aromatic nitrogens is 2. The van der Waals surface area contributed by atoms with Crippen LogP contribution in [0.25, 0.3) is 5.65 Å². The molecule has 4 nitrogen and oxygen atoms in total. The molecule has 0 saturated heterocycles. The van der Waals surface area contributed by atoms with Gasteiger partial charge in [-0.1, -0.05) is 50.2 Å². The highest BCUT2D eigenvalue weighted by molar-refractivity contribution is 7.99. The molecule has 0 unspecified atom stereocenters. The maximum Gasteiger partial charge on any atom is 0.147 e. The second kappa shape index (κ2) is 9.93. The number of hydrogen-bond acceptors (Lipinski definition) is 4. The Bertz CT molecular complexity index is 817. The summed E-state index contributed by atoms with van der Waals surface area (Å²) < 4.78 is 13.4. The third-order valence-electron chi connectivity index (χ3n) is 4.62. The number of nitrogens with zero attached hydrogens (tertiary/aromatic N) is 2. The van der Waals surface area contributed by atoms with Gasteiger partial charge in [-0.2, -0.15) is 0 Å². The van der Waals surface area contributed by atoms with Gasteiger partial charge in [0.1, 0.15) is 12.4 Å². The van der Waals surface area contributed by atoms with Gasteiger partial charge in [-0.3, -0.25) is 4.40 Å². The first-order valence-corrected chi connectivity index (χ1v) is 10.4. The highest BCUT2D eigenvalue weighted by atomic mass is 32.2. The van der Waals surface area contributed by atoms with Gasteiger partial charge < -0.3 is 9.47 Å². The van der Waals surface area contributed by atoms with Crippen molar-refractivity contribution in [3.05, 3.63) is 66.5 Å². The molecule has 5 heteroatoms. The minimum Gasteiger partial charge on any atom is -0.355 e. The quantitative estimate of drug-likeness (QED) is 0.251. The molecular formula is C22H28N2O2S. The molecule has 0 bridgehead atoms. The van der Waals surface area contributed by atoms with E-state index in [4.69, 9.17) is 9.47 Å². The van der Waals surface area contributed by atoms with Gasteiger partial charge in [0, 0.05) is 19.0 Å². The second-order valence-electron chi connectivity index (χ2n) is 7.39. The van der Waals surface area contributed by atoms with Crippen LogP contribution in [0.2, 0.25) is 0 Å². The Balaban J connectivity index is 1.31. The zero-order valence-corrected chi connectivity index (χ0v) is 17.0. The molecule has 0 atom stereocenters. The van der Waals surface area contributed by atoms with Crippen molar-refractivity contribution < 1.29 is 9.47 Å². The van der Waals surface area contributed by atoms with E-state index in [1.165, 1.54) is 10.6 Å². The van der Waals surface area contributed by atoms with Gasteiger partial charge in [-0.05, 0) is 41.7 Å². The summed E-state index contributed by atoms with van der Waals surface area (Å²) in [5, 5.41) is 1.24. The number of pyridine rings is 1. The standard InChI is InChI=1S/C22H28N2O2S/c1-22(2,11-15-25-18-26-17-19-7-4-3-5-8-19)12-16-27-21-10-6-9-20-23-13-14-24(20)21/h3-10,13-14H,11-12,15-18H2,1-2H3. The first-order chi connectivity index (χ1) is 13.1. The monoisotopic (exact) mass is 384 g/mol. The third-order valence-corrected chi connectivity index (χ3v) is 5.66. The van der Waals surface area contributed by atoms with Crippen molar-refractivity contribution in [3.8, 4) is 0 Å². The van der Waals surface area contributed by atoms with Crippen LogP contribution in [0, 0.1) is 5.41 Å². The lowest BCUT2D eigenvalue weighted by molar-refractivity contribution is -0.0674. The lowest BCUT2D eigenvalue weighted by atomic mass is 9.87. The number of ether oxygens (including phenoxy) is 2. The third kappa shape index (κ3) is 6.38. The van der Waals surface area contributed by atoms with Crippen molar-refractivity contribution in [1.82, 2.24) is 9.38 Å². The van der Waals surface area contributed by atoms with Gasteiger partial charge in [0.2, 0.25) is 0 Å². The molecule has 0 N–H and O–H groups in total. The van der Waals surface area contributed by atoms with Gasteiger partial charge >= 0.3 is 0 Å². The zero-order chi connectivity index (χ0) is 19.0. The van der Waals surface area contributed by atoms with E-state index >= 15 is 0 Å². The molecule has 0 aliphatic heterocycles. The summed E-state index contributed by atoms with van der Waals surface area (Å²) in [5.74, 6) is 1.08. The molecule has 1 aromatic carbocycles. The van der Waals surface area contributed by atoms with Crippen LogP contribution in [0.4, 0.5) is 0 Å². The predicted octanol–water partition coefficient (Wildman–Crippen LogP) is 5.42. The molecule has 0 aliphatic rings. The first-order valence-electron chi connectivity index (χ1n) is 9.38. The highest BCUT2D eigenvalue weighted by Crippen LogP contribution is 2.29. The second-order valence-corrected chi connectivity index (χ2v) is 8.51. The SMILES string of the molecule is CC(C)(CCOCOCc1ccccc1)CCSc1cccc2nccn12. The number of rotatable bonds is 11. The fourth-order valence-electron chi connectivity index (χ4n) is 2.80. The van der Waals surface area contributed by atoms with Gasteiger partial charge in [0.25, 0.3) is 0 Å². The molecule has 2 heterocycles. The van der Waals surface area contributed by atoms with Crippen LogP contribution in [0.5, 0.6) is 0 Å². The van der Waals surface area contributed by atoms with E-state index in [2.05, 4.69) is 47.5 Å². The molecule has 3 aromatic rings. The fourth-order valence-corrected chi connectivity index (χ4v) is 4.13. The largest absolute Gasteiger partial charge is 0.355 e. The van der Waals surface area contributed by atoms with E-state index in [0.717, 1.165) is 30.8 Å². The summed E-state index contributed by atoms with van der Waals surface area (Å²) in [7, 11) is 0. The lowest BCUT2D eigenvalue weighted by Crippen LogP contribution is -2.16. The smallest absolute Gasteiger partial charge is 0.147 e. The first kappa shape index (κ1) is 19.9. The predicted molar refractivity (Wildman–Crippen MR) is 111 cm³/mol. The zero-order valence-electron chi connectivity index (χ0n) is 16.1. The fraction of sp³-hybridized carbons (Fsp3) is 0.409. The summed E-state index contributed by atoms with van der Waals surface area (Å²) in [5.41, 5.74) is 2.42. The van der Waals surface area contributed by atoms with Crippen molar-refractivity contribution in [2.45, 2.75) is 38.3 Å². The van der Waals surface area contributed by atoms with Crippen LogP contribution >= 0.6 is 11.8 Å². The Labute approximate surface area is 165 Å². The van der Waals surface area contributed by atoms with Crippen LogP contribution in [0.1, 0.15) is 32.3 Å². The van der Waals surface area contributed by atoms with Crippen molar-refractivity contribution >= 4 is 17.4 Å². The molecule has 0 fully saturated rings. The highest BCUT2D eigenvalue weighted by Gasteiger charge is 2.17. The van der Waals surface area contributed by atoms with Crippen LogP contribution in [0.15, 0.2) is 66.0 Å². The lowest BCUT2D eigenvalue weighted by Gasteiger charge is -2.24.